The van der Waals surface area contributed by atoms with Gasteiger partial charge in [-0.1, -0.05) is 35.3 Å². The summed E-state index contributed by atoms with van der Waals surface area (Å²) in [5.41, 5.74) is 1.45. The number of halogens is 3. The molecule has 1 atom stereocenters. The van der Waals surface area contributed by atoms with Crippen LogP contribution in [0.2, 0.25) is 10.0 Å². The SMILES string of the molecule is CC(C(=O)Nc1ccc(Cl)cc1Cl)N(C)Cc1ccc(F)cc1. The summed E-state index contributed by atoms with van der Waals surface area (Å²) >= 11 is 11.9. The molecule has 6 heteroatoms. The second-order valence-electron chi connectivity index (χ2n) is 5.33. The van der Waals surface area contributed by atoms with Gasteiger partial charge in [-0.3, -0.25) is 9.69 Å². The molecular weight excluding hydrogens is 338 g/mol. The van der Waals surface area contributed by atoms with Crippen molar-refractivity contribution in [2.75, 3.05) is 12.4 Å². The van der Waals surface area contributed by atoms with Crippen LogP contribution in [-0.2, 0) is 11.3 Å². The van der Waals surface area contributed by atoms with E-state index in [-0.39, 0.29) is 17.8 Å². The van der Waals surface area contributed by atoms with Crippen molar-refractivity contribution in [2.24, 2.45) is 0 Å². The molecular formula is C17H17Cl2FN2O. The van der Waals surface area contributed by atoms with E-state index in [1.807, 2.05) is 11.9 Å². The fourth-order valence-electron chi connectivity index (χ4n) is 2.04. The molecule has 2 rings (SSSR count). The Morgan fingerprint density at radius 2 is 1.87 bits per heavy atom. The summed E-state index contributed by atoms with van der Waals surface area (Å²) in [6.45, 7) is 2.33. The first-order chi connectivity index (χ1) is 10.9. The standard InChI is InChI=1S/C17H17Cl2FN2O/c1-11(22(2)10-12-3-6-14(20)7-4-12)17(23)21-16-8-5-13(18)9-15(16)19/h3-9,11H,10H2,1-2H3,(H,21,23). The fraction of sp³-hybridized carbons (Fsp3) is 0.235. The number of carbonyl (C=O) groups excluding carboxylic acids is 1. The lowest BCUT2D eigenvalue weighted by molar-refractivity contribution is -0.120. The maximum Gasteiger partial charge on any atom is 0.241 e. The number of rotatable bonds is 5. The first-order valence-electron chi connectivity index (χ1n) is 7.07. The smallest absolute Gasteiger partial charge is 0.241 e. The lowest BCUT2D eigenvalue weighted by Crippen LogP contribution is -2.39. The van der Waals surface area contributed by atoms with Gasteiger partial charge in [0.25, 0.3) is 0 Å². The van der Waals surface area contributed by atoms with Crippen molar-refractivity contribution < 1.29 is 9.18 Å². The molecule has 0 saturated heterocycles. The number of benzene rings is 2. The predicted octanol–water partition coefficient (Wildman–Crippen LogP) is 4.59. The van der Waals surface area contributed by atoms with Gasteiger partial charge in [-0.2, -0.15) is 0 Å². The summed E-state index contributed by atoms with van der Waals surface area (Å²) in [7, 11) is 1.83. The summed E-state index contributed by atoms with van der Waals surface area (Å²) in [6.07, 6.45) is 0. The Kier molecular flexibility index (Phi) is 5.99. The highest BCUT2D eigenvalue weighted by molar-refractivity contribution is 6.36. The minimum Gasteiger partial charge on any atom is -0.323 e. The van der Waals surface area contributed by atoms with Crippen LogP contribution < -0.4 is 5.32 Å². The molecule has 1 amide bonds. The van der Waals surface area contributed by atoms with E-state index in [0.29, 0.717) is 22.3 Å². The lowest BCUT2D eigenvalue weighted by atomic mass is 10.2. The van der Waals surface area contributed by atoms with Gasteiger partial charge in [-0.25, -0.2) is 4.39 Å². The van der Waals surface area contributed by atoms with E-state index in [4.69, 9.17) is 23.2 Å². The zero-order chi connectivity index (χ0) is 17.0. The Hall–Kier alpha value is -1.62. The maximum atomic E-state index is 12.9. The summed E-state index contributed by atoms with van der Waals surface area (Å²) in [6, 6.07) is 10.7. The summed E-state index contributed by atoms with van der Waals surface area (Å²) < 4.78 is 12.9. The molecule has 2 aromatic carbocycles. The largest absolute Gasteiger partial charge is 0.323 e. The molecule has 0 bridgehead atoms. The molecule has 0 saturated carbocycles. The molecule has 122 valence electrons. The zero-order valence-corrected chi connectivity index (χ0v) is 14.3. The first-order valence-corrected chi connectivity index (χ1v) is 7.83. The highest BCUT2D eigenvalue weighted by atomic mass is 35.5. The van der Waals surface area contributed by atoms with Crippen molar-refractivity contribution in [1.29, 1.82) is 0 Å². The van der Waals surface area contributed by atoms with Gasteiger partial charge >= 0.3 is 0 Å². The Balaban J connectivity index is 1.99. The highest BCUT2D eigenvalue weighted by Crippen LogP contribution is 2.25. The molecule has 1 N–H and O–H groups in total. The predicted molar refractivity (Wildman–Crippen MR) is 92.4 cm³/mol. The Morgan fingerprint density at radius 3 is 2.48 bits per heavy atom. The van der Waals surface area contributed by atoms with Gasteiger partial charge in [0.1, 0.15) is 5.82 Å². The molecule has 1 unspecified atom stereocenters. The average Bonchev–Trinajstić information content (AvgIpc) is 2.51. The molecule has 0 aliphatic carbocycles. The van der Waals surface area contributed by atoms with Gasteiger partial charge < -0.3 is 5.32 Å². The number of hydrogen-bond acceptors (Lipinski definition) is 2. The third-order valence-corrected chi connectivity index (χ3v) is 4.12. The van der Waals surface area contributed by atoms with E-state index in [2.05, 4.69) is 5.32 Å². The van der Waals surface area contributed by atoms with E-state index in [1.165, 1.54) is 12.1 Å². The van der Waals surface area contributed by atoms with Crippen molar-refractivity contribution >= 4 is 34.8 Å². The van der Waals surface area contributed by atoms with Crippen LogP contribution in [0.25, 0.3) is 0 Å². The van der Waals surface area contributed by atoms with E-state index in [9.17, 15) is 9.18 Å². The maximum absolute atomic E-state index is 12.9. The van der Waals surface area contributed by atoms with Crippen LogP contribution in [-0.4, -0.2) is 23.9 Å². The van der Waals surface area contributed by atoms with Crippen molar-refractivity contribution in [1.82, 2.24) is 4.90 Å². The van der Waals surface area contributed by atoms with Crippen LogP contribution >= 0.6 is 23.2 Å². The number of nitrogens with one attached hydrogen (secondary N) is 1. The average molecular weight is 355 g/mol. The van der Waals surface area contributed by atoms with Crippen LogP contribution in [0.4, 0.5) is 10.1 Å². The second-order valence-corrected chi connectivity index (χ2v) is 6.17. The third kappa shape index (κ3) is 4.93. The van der Waals surface area contributed by atoms with Crippen molar-refractivity contribution in [3.8, 4) is 0 Å². The van der Waals surface area contributed by atoms with Crippen LogP contribution in [0.1, 0.15) is 12.5 Å². The highest BCUT2D eigenvalue weighted by Gasteiger charge is 2.19. The van der Waals surface area contributed by atoms with Gasteiger partial charge in [0, 0.05) is 11.6 Å². The molecule has 0 fully saturated rings. The van der Waals surface area contributed by atoms with Crippen LogP contribution in [0.15, 0.2) is 42.5 Å². The zero-order valence-electron chi connectivity index (χ0n) is 12.8. The third-order valence-electron chi connectivity index (χ3n) is 3.57. The number of nitrogens with zero attached hydrogens (tertiary/aromatic N) is 1. The summed E-state index contributed by atoms with van der Waals surface area (Å²) in [4.78, 5) is 14.2. The van der Waals surface area contributed by atoms with Crippen LogP contribution in [0.3, 0.4) is 0 Å². The lowest BCUT2D eigenvalue weighted by Gasteiger charge is -2.24. The van der Waals surface area contributed by atoms with Gasteiger partial charge in [0.2, 0.25) is 5.91 Å². The number of carbonyl (C=O) groups is 1. The van der Waals surface area contributed by atoms with E-state index in [0.717, 1.165) is 5.56 Å². The number of likely N-dealkylation sites (N-methyl/N-ethyl adjacent to an activating group) is 1. The molecule has 3 nitrogen and oxygen atoms in total. The fourth-order valence-corrected chi connectivity index (χ4v) is 2.50. The van der Waals surface area contributed by atoms with Crippen LogP contribution in [0, 0.1) is 5.82 Å². The van der Waals surface area contributed by atoms with Crippen LogP contribution in [0.5, 0.6) is 0 Å². The van der Waals surface area contributed by atoms with E-state index < -0.39 is 0 Å². The van der Waals surface area contributed by atoms with Gasteiger partial charge in [-0.05, 0) is 49.9 Å². The number of anilines is 1. The molecule has 0 aliphatic rings. The van der Waals surface area contributed by atoms with Gasteiger partial charge in [-0.15, -0.1) is 0 Å². The molecule has 0 aromatic heterocycles. The van der Waals surface area contributed by atoms with E-state index >= 15 is 0 Å². The summed E-state index contributed by atoms with van der Waals surface area (Å²) in [5, 5.41) is 3.68. The second kappa shape index (κ2) is 7.77. The Labute approximate surface area is 145 Å². The Bertz CT molecular complexity index is 691. The molecule has 0 radical (unpaired) electrons. The molecule has 23 heavy (non-hydrogen) atoms. The quantitative estimate of drug-likeness (QED) is 0.851. The number of hydrogen-bond donors (Lipinski definition) is 1. The molecule has 0 spiro atoms. The molecule has 2 aromatic rings. The Morgan fingerprint density at radius 1 is 1.22 bits per heavy atom. The molecule has 0 heterocycles. The monoisotopic (exact) mass is 354 g/mol. The van der Waals surface area contributed by atoms with Crippen molar-refractivity contribution in [3.05, 3.63) is 63.9 Å². The minimum atomic E-state index is -0.383. The topological polar surface area (TPSA) is 32.3 Å². The van der Waals surface area contributed by atoms with Crippen molar-refractivity contribution in [2.45, 2.75) is 19.5 Å². The minimum absolute atomic E-state index is 0.182. The summed E-state index contributed by atoms with van der Waals surface area (Å²) in [5.74, 6) is -0.460. The number of amides is 1. The normalized spacial score (nSPS) is 12.3. The van der Waals surface area contributed by atoms with Gasteiger partial charge in [0.15, 0.2) is 0 Å². The van der Waals surface area contributed by atoms with Gasteiger partial charge in [0.05, 0.1) is 16.8 Å². The first kappa shape index (κ1) is 17.7. The molecule has 0 aliphatic heterocycles. The van der Waals surface area contributed by atoms with E-state index in [1.54, 1.807) is 37.3 Å². The van der Waals surface area contributed by atoms with Crippen molar-refractivity contribution in [3.63, 3.8) is 0 Å².